The molecule has 2 heterocycles. The van der Waals surface area contributed by atoms with Crippen molar-refractivity contribution in [2.75, 3.05) is 18.2 Å². The number of hydrogen-bond donors (Lipinski definition) is 2. The number of rotatable bonds is 5. The number of methoxy groups -OCH3 is 1. The van der Waals surface area contributed by atoms with Crippen molar-refractivity contribution in [3.05, 3.63) is 48.0 Å². The van der Waals surface area contributed by atoms with E-state index in [1.165, 1.54) is 11.8 Å². The lowest BCUT2D eigenvalue weighted by atomic mass is 10.2. The van der Waals surface area contributed by atoms with Gasteiger partial charge in [0.1, 0.15) is 11.3 Å². The minimum atomic E-state index is -0.163. The van der Waals surface area contributed by atoms with Gasteiger partial charge in [-0.05, 0) is 30.7 Å². The molecule has 0 radical (unpaired) electrons. The summed E-state index contributed by atoms with van der Waals surface area (Å²) >= 11 is 1.23. The van der Waals surface area contributed by atoms with Gasteiger partial charge in [-0.15, -0.1) is 10.2 Å². The lowest BCUT2D eigenvalue weighted by Gasteiger charge is -2.10. The number of benzene rings is 2. The monoisotopic (exact) mass is 379 g/mol. The van der Waals surface area contributed by atoms with Gasteiger partial charge in [-0.1, -0.05) is 36.0 Å². The fourth-order valence-corrected chi connectivity index (χ4v) is 3.39. The van der Waals surface area contributed by atoms with E-state index in [0.717, 1.165) is 22.0 Å². The van der Waals surface area contributed by atoms with E-state index in [0.29, 0.717) is 22.2 Å². The Balaban J connectivity index is 1.47. The van der Waals surface area contributed by atoms with Crippen molar-refractivity contribution in [1.82, 2.24) is 20.2 Å². The highest BCUT2D eigenvalue weighted by Crippen LogP contribution is 2.26. The number of aryl methyl sites for hydroxylation is 1. The van der Waals surface area contributed by atoms with Crippen molar-refractivity contribution < 1.29 is 9.53 Å². The van der Waals surface area contributed by atoms with Gasteiger partial charge in [0.25, 0.3) is 0 Å². The molecule has 0 saturated heterocycles. The Hall–Kier alpha value is -3.13. The van der Waals surface area contributed by atoms with E-state index in [2.05, 4.69) is 25.5 Å². The van der Waals surface area contributed by atoms with Crippen LogP contribution in [0.1, 0.15) is 5.56 Å². The number of amides is 1. The second kappa shape index (κ2) is 7.24. The number of H-pyrrole nitrogens is 1. The van der Waals surface area contributed by atoms with Gasteiger partial charge in [-0.2, -0.15) is 0 Å². The summed E-state index contributed by atoms with van der Waals surface area (Å²) < 4.78 is 5.28. The van der Waals surface area contributed by atoms with Crippen LogP contribution in [0.2, 0.25) is 0 Å². The van der Waals surface area contributed by atoms with E-state index >= 15 is 0 Å². The number of carbonyl (C=O) groups is 1. The summed E-state index contributed by atoms with van der Waals surface area (Å²) in [6.07, 6.45) is 0. The van der Waals surface area contributed by atoms with Crippen LogP contribution >= 0.6 is 11.8 Å². The van der Waals surface area contributed by atoms with E-state index < -0.39 is 0 Å². The molecule has 136 valence electrons. The third kappa shape index (κ3) is 3.56. The van der Waals surface area contributed by atoms with Gasteiger partial charge in [-0.3, -0.25) is 4.79 Å². The molecule has 0 aliphatic carbocycles. The molecule has 0 aliphatic rings. The molecule has 4 rings (SSSR count). The van der Waals surface area contributed by atoms with Crippen LogP contribution in [0.5, 0.6) is 5.75 Å². The summed E-state index contributed by atoms with van der Waals surface area (Å²) in [7, 11) is 1.57. The molecule has 0 fully saturated rings. The molecular weight excluding hydrogens is 362 g/mol. The summed E-state index contributed by atoms with van der Waals surface area (Å²) in [4.78, 5) is 20.0. The Morgan fingerprint density at radius 2 is 2.07 bits per heavy atom. The number of aromatic amines is 1. The van der Waals surface area contributed by atoms with Crippen molar-refractivity contribution >= 4 is 45.4 Å². The van der Waals surface area contributed by atoms with E-state index in [-0.39, 0.29) is 11.7 Å². The molecule has 2 aromatic carbocycles. The van der Waals surface area contributed by atoms with Gasteiger partial charge in [0.2, 0.25) is 11.1 Å². The minimum absolute atomic E-state index is 0.163. The number of para-hydroxylation sites is 1. The van der Waals surface area contributed by atoms with E-state index in [1.807, 2.05) is 49.4 Å². The first-order valence-corrected chi connectivity index (χ1v) is 9.31. The molecule has 2 aromatic heterocycles. The highest BCUT2D eigenvalue weighted by molar-refractivity contribution is 7.99. The summed E-state index contributed by atoms with van der Waals surface area (Å²) in [5, 5.41) is 12.7. The lowest BCUT2D eigenvalue weighted by Crippen LogP contribution is -2.15. The molecule has 0 saturated carbocycles. The van der Waals surface area contributed by atoms with Gasteiger partial charge in [0.05, 0.1) is 18.6 Å². The number of hydrogen-bond acceptors (Lipinski definition) is 6. The summed E-state index contributed by atoms with van der Waals surface area (Å²) in [5.41, 5.74) is 4.03. The predicted molar refractivity (Wildman–Crippen MR) is 106 cm³/mol. The SMILES string of the molecule is COc1ccc(C)cc1NC(=O)CSc1nnc2c(n1)[nH]c1ccccc12. The molecule has 1 amide bonds. The number of nitrogens with one attached hydrogen (secondary N) is 2. The van der Waals surface area contributed by atoms with Gasteiger partial charge in [0, 0.05) is 10.9 Å². The second-order valence-electron chi connectivity index (χ2n) is 6.00. The van der Waals surface area contributed by atoms with Crippen molar-refractivity contribution in [2.45, 2.75) is 12.1 Å². The van der Waals surface area contributed by atoms with Crippen LogP contribution in [-0.4, -0.2) is 38.9 Å². The maximum atomic E-state index is 12.3. The number of ether oxygens (including phenoxy) is 1. The molecule has 0 unspecified atom stereocenters. The molecule has 0 bridgehead atoms. The van der Waals surface area contributed by atoms with Crippen LogP contribution in [-0.2, 0) is 4.79 Å². The Morgan fingerprint density at radius 1 is 1.22 bits per heavy atom. The van der Waals surface area contributed by atoms with Gasteiger partial charge >= 0.3 is 0 Å². The molecule has 27 heavy (non-hydrogen) atoms. The Morgan fingerprint density at radius 3 is 2.93 bits per heavy atom. The average Bonchev–Trinajstić information content (AvgIpc) is 3.04. The number of thioether (sulfide) groups is 1. The molecule has 7 nitrogen and oxygen atoms in total. The molecular formula is C19H17N5O2S. The number of fused-ring (bicyclic) bond motifs is 3. The highest BCUT2D eigenvalue weighted by atomic mass is 32.2. The Kier molecular flexibility index (Phi) is 4.64. The van der Waals surface area contributed by atoms with Gasteiger partial charge in [0.15, 0.2) is 5.65 Å². The first-order valence-electron chi connectivity index (χ1n) is 8.32. The molecule has 8 heteroatoms. The van der Waals surface area contributed by atoms with Crippen molar-refractivity contribution in [3.8, 4) is 5.75 Å². The van der Waals surface area contributed by atoms with Crippen molar-refractivity contribution in [3.63, 3.8) is 0 Å². The Labute approximate surface area is 159 Å². The predicted octanol–water partition coefficient (Wildman–Crippen LogP) is 3.55. The summed E-state index contributed by atoms with van der Waals surface area (Å²) in [6.45, 7) is 1.96. The Bertz CT molecular complexity index is 1140. The minimum Gasteiger partial charge on any atom is -0.495 e. The fourth-order valence-electron chi connectivity index (χ4n) is 2.80. The zero-order valence-corrected chi connectivity index (χ0v) is 15.6. The zero-order valence-electron chi connectivity index (χ0n) is 14.8. The smallest absolute Gasteiger partial charge is 0.234 e. The van der Waals surface area contributed by atoms with Crippen molar-refractivity contribution in [2.24, 2.45) is 0 Å². The first kappa shape index (κ1) is 17.3. The van der Waals surface area contributed by atoms with Crippen molar-refractivity contribution in [1.29, 1.82) is 0 Å². The molecule has 0 aliphatic heterocycles. The lowest BCUT2D eigenvalue weighted by molar-refractivity contribution is -0.113. The van der Waals surface area contributed by atoms with Gasteiger partial charge < -0.3 is 15.0 Å². The number of anilines is 1. The van der Waals surface area contributed by atoms with Crippen LogP contribution in [0.3, 0.4) is 0 Å². The highest BCUT2D eigenvalue weighted by Gasteiger charge is 2.12. The molecule has 4 aromatic rings. The number of nitrogens with zero attached hydrogens (tertiary/aromatic N) is 3. The van der Waals surface area contributed by atoms with E-state index in [9.17, 15) is 4.79 Å². The third-order valence-corrected chi connectivity index (χ3v) is 4.90. The van der Waals surface area contributed by atoms with Crippen LogP contribution < -0.4 is 10.1 Å². The average molecular weight is 379 g/mol. The van der Waals surface area contributed by atoms with Crippen LogP contribution in [0.4, 0.5) is 5.69 Å². The second-order valence-corrected chi connectivity index (χ2v) is 6.95. The van der Waals surface area contributed by atoms with E-state index in [1.54, 1.807) is 7.11 Å². The van der Waals surface area contributed by atoms with E-state index in [4.69, 9.17) is 4.74 Å². The third-order valence-electron chi connectivity index (χ3n) is 4.06. The number of aromatic nitrogens is 4. The topological polar surface area (TPSA) is 92.8 Å². The standard InChI is InChI=1S/C19H17N5O2S/c1-11-7-8-15(26-2)14(9-11)20-16(25)10-27-19-22-18-17(23-24-19)12-5-3-4-6-13(12)21-18/h3-9H,10H2,1-2H3,(H,20,25)(H,21,22,24). The molecule has 2 N–H and O–H groups in total. The van der Waals surface area contributed by atoms with Crippen LogP contribution in [0.25, 0.3) is 22.1 Å². The maximum absolute atomic E-state index is 12.3. The summed E-state index contributed by atoms with van der Waals surface area (Å²) in [6, 6.07) is 13.5. The van der Waals surface area contributed by atoms with Crippen LogP contribution in [0, 0.1) is 6.92 Å². The largest absolute Gasteiger partial charge is 0.495 e. The summed E-state index contributed by atoms with van der Waals surface area (Å²) in [5.74, 6) is 0.630. The molecule has 0 spiro atoms. The normalized spacial score (nSPS) is 11.0. The number of carbonyl (C=O) groups excluding carboxylic acids is 1. The van der Waals surface area contributed by atoms with Crippen LogP contribution in [0.15, 0.2) is 47.6 Å². The fraction of sp³-hybridized carbons (Fsp3) is 0.158. The quantitative estimate of drug-likeness (QED) is 0.515. The molecule has 0 atom stereocenters. The zero-order chi connectivity index (χ0) is 18.8. The first-order chi connectivity index (χ1) is 13.1. The van der Waals surface area contributed by atoms with Gasteiger partial charge in [-0.25, -0.2) is 4.98 Å². The maximum Gasteiger partial charge on any atom is 0.234 e.